The van der Waals surface area contributed by atoms with Crippen LogP contribution in [0.15, 0.2) is 35.1 Å². The van der Waals surface area contributed by atoms with Crippen molar-refractivity contribution in [2.45, 2.75) is 63.8 Å². The second kappa shape index (κ2) is 8.28. The maximum Gasteiger partial charge on any atom is 0.344 e. The predicted molar refractivity (Wildman–Crippen MR) is 112 cm³/mol. The van der Waals surface area contributed by atoms with Crippen LogP contribution in [0.5, 0.6) is 0 Å². The van der Waals surface area contributed by atoms with E-state index in [9.17, 15) is 9.59 Å². The molecule has 2 atom stereocenters. The zero-order valence-electron chi connectivity index (χ0n) is 17.5. The van der Waals surface area contributed by atoms with Crippen molar-refractivity contribution in [2.24, 2.45) is 0 Å². The molecular weight excluding hydrogens is 368 g/mol. The van der Waals surface area contributed by atoms with Crippen LogP contribution < -0.4 is 5.56 Å². The quantitative estimate of drug-likeness (QED) is 0.698. The van der Waals surface area contributed by atoms with E-state index in [2.05, 4.69) is 4.90 Å². The van der Waals surface area contributed by atoms with Gasteiger partial charge < -0.3 is 14.0 Å². The molecule has 0 spiro atoms. The largest absolute Gasteiger partial charge is 0.459 e. The summed E-state index contributed by atoms with van der Waals surface area (Å²) in [6.07, 6.45) is 3.81. The van der Waals surface area contributed by atoms with Gasteiger partial charge in [-0.15, -0.1) is 0 Å². The molecule has 2 aromatic rings. The molecule has 0 amide bonds. The second-order valence-corrected chi connectivity index (χ2v) is 8.50. The number of nitrogens with zero attached hydrogens (tertiary/aromatic N) is 2. The number of hydrogen-bond donors (Lipinski definition) is 0. The van der Waals surface area contributed by atoms with Gasteiger partial charge in [0.1, 0.15) is 11.7 Å². The summed E-state index contributed by atoms with van der Waals surface area (Å²) in [4.78, 5) is 28.5. The number of pyridine rings is 1. The number of methoxy groups -OCH3 is 1. The first-order chi connectivity index (χ1) is 14.0. The van der Waals surface area contributed by atoms with E-state index in [1.165, 1.54) is 0 Å². The molecule has 1 aromatic carbocycles. The summed E-state index contributed by atoms with van der Waals surface area (Å²) < 4.78 is 12.8. The molecular formula is C23H30N2O4. The number of piperidine rings is 1. The Morgan fingerprint density at radius 2 is 1.86 bits per heavy atom. The lowest BCUT2D eigenvalue weighted by Crippen LogP contribution is -2.47. The average Bonchev–Trinajstić information content (AvgIpc) is 2.93. The third kappa shape index (κ3) is 3.83. The molecule has 2 saturated heterocycles. The summed E-state index contributed by atoms with van der Waals surface area (Å²) >= 11 is 0. The lowest BCUT2D eigenvalue weighted by atomic mass is 9.99. The van der Waals surface area contributed by atoms with Crippen LogP contribution in [0.1, 0.15) is 55.9 Å². The molecule has 3 heterocycles. The van der Waals surface area contributed by atoms with E-state index in [1.54, 1.807) is 17.7 Å². The van der Waals surface area contributed by atoms with Gasteiger partial charge in [-0.3, -0.25) is 9.69 Å². The van der Waals surface area contributed by atoms with Gasteiger partial charge in [0.25, 0.3) is 5.56 Å². The van der Waals surface area contributed by atoms with E-state index in [0.717, 1.165) is 49.7 Å². The normalized spacial score (nSPS) is 24.3. The van der Waals surface area contributed by atoms with E-state index in [1.807, 2.05) is 38.1 Å². The van der Waals surface area contributed by atoms with Gasteiger partial charge in [0, 0.05) is 44.6 Å². The maximum absolute atomic E-state index is 13.1. The summed E-state index contributed by atoms with van der Waals surface area (Å²) in [6.45, 7) is 5.56. The zero-order valence-corrected chi connectivity index (χ0v) is 17.5. The van der Waals surface area contributed by atoms with Crippen molar-refractivity contribution in [3.05, 3.63) is 46.2 Å². The van der Waals surface area contributed by atoms with E-state index >= 15 is 0 Å². The van der Waals surface area contributed by atoms with Gasteiger partial charge in [-0.25, -0.2) is 4.79 Å². The average molecular weight is 399 g/mol. The van der Waals surface area contributed by atoms with Gasteiger partial charge in [0.15, 0.2) is 0 Å². The highest BCUT2D eigenvalue weighted by Gasteiger charge is 2.41. The Labute approximate surface area is 171 Å². The van der Waals surface area contributed by atoms with Crippen LogP contribution in [-0.4, -0.2) is 53.9 Å². The fourth-order valence-electron chi connectivity index (χ4n) is 5.04. The lowest BCUT2D eigenvalue weighted by molar-refractivity contribution is -0.0110. The second-order valence-electron chi connectivity index (χ2n) is 8.50. The van der Waals surface area contributed by atoms with E-state index < -0.39 is 5.97 Å². The number of carbonyl (C=O) groups is 1. The third-order valence-corrected chi connectivity index (χ3v) is 6.35. The third-order valence-electron chi connectivity index (χ3n) is 6.35. The Bertz CT molecular complexity index is 938. The van der Waals surface area contributed by atoms with Gasteiger partial charge in [0.2, 0.25) is 0 Å². The molecule has 4 rings (SSSR count). The molecule has 2 aliphatic heterocycles. The molecule has 0 N–H and O–H groups in total. The first kappa shape index (κ1) is 20.1. The number of aromatic nitrogens is 1. The molecule has 6 nitrogen and oxygen atoms in total. The molecule has 2 bridgehead atoms. The van der Waals surface area contributed by atoms with Crippen molar-refractivity contribution >= 4 is 16.9 Å². The molecule has 156 valence electrons. The number of rotatable bonds is 6. The maximum atomic E-state index is 13.1. The van der Waals surface area contributed by atoms with Gasteiger partial charge in [-0.05, 0) is 44.2 Å². The van der Waals surface area contributed by atoms with Crippen LogP contribution >= 0.6 is 0 Å². The van der Waals surface area contributed by atoms with E-state index in [0.29, 0.717) is 12.1 Å². The Hall–Kier alpha value is -2.18. The van der Waals surface area contributed by atoms with Gasteiger partial charge in [-0.1, -0.05) is 18.2 Å². The minimum Gasteiger partial charge on any atom is -0.459 e. The molecule has 2 fully saturated rings. The first-order valence-electron chi connectivity index (χ1n) is 10.6. The van der Waals surface area contributed by atoms with Crippen molar-refractivity contribution in [2.75, 3.05) is 20.3 Å². The molecule has 0 aliphatic carbocycles. The van der Waals surface area contributed by atoms with E-state index in [-0.39, 0.29) is 23.3 Å². The smallest absolute Gasteiger partial charge is 0.344 e. The topological polar surface area (TPSA) is 60.8 Å². The molecule has 6 heteroatoms. The monoisotopic (exact) mass is 398 g/mol. The molecule has 2 unspecified atom stereocenters. The summed E-state index contributed by atoms with van der Waals surface area (Å²) in [6, 6.07) is 10.2. The molecule has 0 saturated carbocycles. The van der Waals surface area contributed by atoms with Crippen molar-refractivity contribution < 1.29 is 14.3 Å². The predicted octanol–water partition coefficient (Wildman–Crippen LogP) is 3.38. The van der Waals surface area contributed by atoms with Crippen molar-refractivity contribution in [3.8, 4) is 0 Å². The highest BCUT2D eigenvalue weighted by Crippen LogP contribution is 2.36. The van der Waals surface area contributed by atoms with E-state index in [4.69, 9.17) is 9.47 Å². The number of esters is 1. The number of hydrogen-bond acceptors (Lipinski definition) is 5. The van der Waals surface area contributed by atoms with Crippen LogP contribution in [0, 0.1) is 0 Å². The fourth-order valence-corrected chi connectivity index (χ4v) is 5.04. The van der Waals surface area contributed by atoms with Crippen LogP contribution in [0.25, 0.3) is 10.9 Å². The number of carbonyl (C=O) groups excluding carboxylic acids is 1. The summed E-state index contributed by atoms with van der Waals surface area (Å²) in [7, 11) is 1.73. The van der Waals surface area contributed by atoms with Gasteiger partial charge >= 0.3 is 5.97 Å². The van der Waals surface area contributed by atoms with Crippen LogP contribution in [0.4, 0.5) is 0 Å². The minimum atomic E-state index is -0.495. The summed E-state index contributed by atoms with van der Waals surface area (Å²) in [5.74, 6) is -0.495. The van der Waals surface area contributed by atoms with Crippen molar-refractivity contribution in [1.82, 2.24) is 9.47 Å². The van der Waals surface area contributed by atoms with Gasteiger partial charge in [-0.2, -0.15) is 0 Å². The molecule has 1 aromatic heterocycles. The van der Waals surface area contributed by atoms with Crippen LogP contribution in [0.2, 0.25) is 0 Å². The number of para-hydroxylation sites is 1. The Morgan fingerprint density at radius 3 is 2.52 bits per heavy atom. The molecule has 2 aliphatic rings. The van der Waals surface area contributed by atoms with Gasteiger partial charge in [0.05, 0.1) is 12.1 Å². The van der Waals surface area contributed by atoms with Crippen molar-refractivity contribution in [1.29, 1.82) is 0 Å². The minimum absolute atomic E-state index is 0.0417. The Morgan fingerprint density at radius 1 is 1.17 bits per heavy atom. The standard InChI is InChI=1S/C23H30N2O4/c1-15(2)25-21-7-5-4-6-16(21)12-20(22(25)26)23(27)29-19-13-17-8-9-18(14-19)24(17)10-11-28-3/h4-7,12,15,17-19H,8-11,13-14H2,1-3H3. The lowest BCUT2D eigenvalue weighted by Gasteiger charge is -2.38. The Kier molecular flexibility index (Phi) is 5.74. The zero-order chi connectivity index (χ0) is 20.5. The van der Waals surface area contributed by atoms with Crippen LogP contribution in [-0.2, 0) is 9.47 Å². The fraction of sp³-hybridized carbons (Fsp3) is 0.565. The SMILES string of the molecule is COCCN1C2CCC1CC(OC(=O)c1cc3ccccc3n(C(C)C)c1=O)C2. The van der Waals surface area contributed by atoms with Crippen LogP contribution in [0.3, 0.4) is 0 Å². The molecule has 0 radical (unpaired) electrons. The highest BCUT2D eigenvalue weighted by atomic mass is 16.5. The Balaban J connectivity index is 1.55. The number of ether oxygens (including phenoxy) is 2. The summed E-state index contributed by atoms with van der Waals surface area (Å²) in [5, 5.41) is 0.877. The first-order valence-corrected chi connectivity index (χ1v) is 10.6. The highest BCUT2D eigenvalue weighted by molar-refractivity contribution is 5.94. The molecule has 29 heavy (non-hydrogen) atoms. The van der Waals surface area contributed by atoms with Crippen molar-refractivity contribution in [3.63, 3.8) is 0 Å². The summed E-state index contributed by atoms with van der Waals surface area (Å²) in [5.41, 5.74) is 0.698. The number of fused-ring (bicyclic) bond motifs is 3. The number of benzene rings is 1.